The van der Waals surface area contributed by atoms with Gasteiger partial charge in [-0.2, -0.15) is 4.57 Å². The van der Waals surface area contributed by atoms with E-state index < -0.39 is 0 Å². The zero-order valence-corrected chi connectivity index (χ0v) is 25.8. The van der Waals surface area contributed by atoms with Crippen molar-refractivity contribution in [2.45, 2.75) is 105 Å². The number of nitrogens with zero attached hydrogens (tertiary/aromatic N) is 2. The van der Waals surface area contributed by atoms with Crippen LogP contribution in [0.4, 0.5) is 0 Å². The van der Waals surface area contributed by atoms with Gasteiger partial charge in [-0.15, -0.1) is 0 Å². The van der Waals surface area contributed by atoms with Gasteiger partial charge in [0.15, 0.2) is 0 Å². The molecule has 0 amide bonds. The van der Waals surface area contributed by atoms with Crippen LogP contribution in [0.15, 0.2) is 67.0 Å². The molecule has 0 bridgehead atoms. The summed E-state index contributed by atoms with van der Waals surface area (Å²) in [5, 5.41) is 0. The highest BCUT2D eigenvalue weighted by Crippen LogP contribution is 2.50. The van der Waals surface area contributed by atoms with Gasteiger partial charge in [-0.3, -0.25) is 0 Å². The fraction of sp³-hybridized carbons (Fsp3) is 0.432. The van der Waals surface area contributed by atoms with Crippen molar-refractivity contribution < 1.29 is 4.57 Å². The van der Waals surface area contributed by atoms with Gasteiger partial charge in [-0.1, -0.05) is 96.0 Å². The predicted octanol–water partition coefficient (Wildman–Crippen LogP) is 9.77. The highest BCUT2D eigenvalue weighted by Gasteiger charge is 2.55. The van der Waals surface area contributed by atoms with Gasteiger partial charge in [0.2, 0.25) is 0 Å². The minimum Gasteiger partial charge on any atom is -0.224 e. The Kier molecular flexibility index (Phi) is 6.90. The Labute approximate surface area is 236 Å². The first-order valence-electron chi connectivity index (χ1n) is 15.0. The molecule has 0 spiro atoms. The second-order valence-electron chi connectivity index (χ2n) is 12.9. The monoisotopic (exact) mass is 519 g/mol. The van der Waals surface area contributed by atoms with E-state index in [9.17, 15) is 0 Å². The van der Waals surface area contributed by atoms with Crippen LogP contribution >= 0.6 is 0 Å². The molecule has 4 aromatic rings. The Morgan fingerprint density at radius 3 is 1.87 bits per heavy atom. The summed E-state index contributed by atoms with van der Waals surface area (Å²) in [6.45, 7) is 23.4. The van der Waals surface area contributed by atoms with Gasteiger partial charge in [0, 0.05) is 16.5 Å². The molecule has 2 atom stereocenters. The normalized spacial score (nSPS) is 20.4. The van der Waals surface area contributed by atoms with E-state index >= 15 is 0 Å². The van der Waals surface area contributed by atoms with Crippen molar-refractivity contribution in [1.29, 1.82) is 0 Å². The van der Waals surface area contributed by atoms with Crippen molar-refractivity contribution >= 4 is 0 Å². The maximum atomic E-state index is 2.60. The largest absolute Gasteiger partial charge is 0.294 e. The fourth-order valence-electron chi connectivity index (χ4n) is 7.22. The van der Waals surface area contributed by atoms with Crippen LogP contribution in [0, 0.1) is 13.8 Å². The van der Waals surface area contributed by atoms with Crippen LogP contribution in [-0.2, 0) is 11.0 Å². The van der Waals surface area contributed by atoms with E-state index in [2.05, 4.69) is 145 Å². The second-order valence-corrected chi connectivity index (χ2v) is 12.9. The molecule has 2 unspecified atom stereocenters. The Morgan fingerprint density at radius 2 is 1.33 bits per heavy atom. The quantitative estimate of drug-likeness (QED) is 0.224. The van der Waals surface area contributed by atoms with E-state index in [1.165, 1.54) is 56.0 Å². The number of benzene rings is 3. The molecule has 0 radical (unpaired) electrons. The van der Waals surface area contributed by atoms with Crippen LogP contribution in [0.2, 0.25) is 0 Å². The van der Waals surface area contributed by atoms with Crippen LogP contribution in [0.3, 0.4) is 0 Å². The van der Waals surface area contributed by atoms with Crippen molar-refractivity contribution in [1.82, 2.24) is 4.57 Å². The first-order valence-corrected chi connectivity index (χ1v) is 15.0. The van der Waals surface area contributed by atoms with Gasteiger partial charge in [0.25, 0.3) is 5.82 Å². The van der Waals surface area contributed by atoms with Crippen molar-refractivity contribution in [2.75, 3.05) is 0 Å². The number of aryl methyl sites for hydroxylation is 2. The van der Waals surface area contributed by atoms with Crippen molar-refractivity contribution in [3.05, 3.63) is 94.8 Å². The van der Waals surface area contributed by atoms with Gasteiger partial charge < -0.3 is 0 Å². The molecule has 39 heavy (non-hydrogen) atoms. The highest BCUT2D eigenvalue weighted by molar-refractivity contribution is 5.73. The van der Waals surface area contributed by atoms with Crippen molar-refractivity contribution in [2.24, 2.45) is 0 Å². The molecular formula is C37H47N2+. The van der Waals surface area contributed by atoms with Gasteiger partial charge in [0.05, 0.1) is 5.56 Å². The van der Waals surface area contributed by atoms with Crippen LogP contribution in [0.25, 0.3) is 28.2 Å². The average molecular weight is 520 g/mol. The number of aromatic nitrogens is 2. The zero-order chi connectivity index (χ0) is 28.3. The third kappa shape index (κ3) is 4.10. The Hall–Kier alpha value is -3.13. The number of imidazole rings is 1. The number of rotatable bonds is 6. The lowest BCUT2D eigenvalue weighted by molar-refractivity contribution is -0.764. The standard InChI is InChI=1S/C37H47N2/c1-11-36(9)33-16-14-13-15-30(33)35-38(17-18-39(35)37(36,10)12-2)34-31(24(3)4)22-29(23-32(34)25(5)6)28-20-26(7)19-27(8)21-28/h13-25H,11-12H2,1-10H3/q+1. The Morgan fingerprint density at radius 1 is 0.769 bits per heavy atom. The van der Waals surface area contributed by atoms with Crippen LogP contribution in [-0.4, -0.2) is 4.57 Å². The molecule has 2 heterocycles. The Bertz CT molecular complexity index is 1490. The molecular weight excluding hydrogens is 472 g/mol. The fourth-order valence-corrected chi connectivity index (χ4v) is 7.22. The molecule has 2 heteroatoms. The minimum atomic E-state index is -0.0221. The second kappa shape index (κ2) is 9.81. The number of hydrogen-bond acceptors (Lipinski definition) is 0. The van der Waals surface area contributed by atoms with E-state index in [0.29, 0.717) is 11.8 Å². The Balaban J connectivity index is 1.86. The molecule has 0 saturated carbocycles. The van der Waals surface area contributed by atoms with Crippen LogP contribution in [0.1, 0.15) is 108 Å². The SMILES string of the molecule is CCC1(C)c2ccccc2-c2n(-c3c(C(C)C)cc(-c4cc(C)cc(C)c4)cc3C(C)C)cc[n+]2C1(C)CC. The highest BCUT2D eigenvalue weighted by atomic mass is 15.2. The van der Waals surface area contributed by atoms with Gasteiger partial charge >= 0.3 is 0 Å². The summed E-state index contributed by atoms with van der Waals surface area (Å²) >= 11 is 0. The molecule has 1 aliphatic rings. The molecule has 1 aliphatic heterocycles. The summed E-state index contributed by atoms with van der Waals surface area (Å²) in [4.78, 5) is 0. The maximum Gasteiger partial charge on any atom is 0.294 e. The average Bonchev–Trinajstić information content (AvgIpc) is 3.35. The minimum absolute atomic E-state index is 0.0221. The summed E-state index contributed by atoms with van der Waals surface area (Å²) in [5.41, 5.74) is 12.3. The third-order valence-electron chi connectivity index (χ3n) is 9.91. The van der Waals surface area contributed by atoms with E-state index in [1.54, 1.807) is 0 Å². The molecule has 1 aromatic heterocycles. The first kappa shape index (κ1) is 27.4. The zero-order valence-electron chi connectivity index (χ0n) is 25.8. The summed E-state index contributed by atoms with van der Waals surface area (Å²) in [6.07, 6.45) is 6.87. The smallest absolute Gasteiger partial charge is 0.224 e. The van der Waals surface area contributed by atoms with Crippen LogP contribution in [0.5, 0.6) is 0 Å². The lowest BCUT2D eigenvalue weighted by atomic mass is 9.61. The van der Waals surface area contributed by atoms with Crippen molar-refractivity contribution in [3.63, 3.8) is 0 Å². The summed E-state index contributed by atoms with van der Waals surface area (Å²) < 4.78 is 5.13. The molecule has 0 N–H and O–H groups in total. The number of hydrogen-bond donors (Lipinski definition) is 0. The third-order valence-corrected chi connectivity index (χ3v) is 9.91. The van der Waals surface area contributed by atoms with Gasteiger partial charge in [-0.05, 0) is 80.3 Å². The molecule has 5 rings (SSSR count). The van der Waals surface area contributed by atoms with Crippen molar-refractivity contribution in [3.8, 4) is 28.2 Å². The number of fused-ring (bicyclic) bond motifs is 3. The molecule has 3 aromatic carbocycles. The maximum absolute atomic E-state index is 2.60. The molecule has 204 valence electrons. The van der Waals surface area contributed by atoms with Crippen LogP contribution < -0.4 is 4.57 Å². The van der Waals surface area contributed by atoms with E-state index in [1.807, 2.05) is 0 Å². The molecule has 0 aliphatic carbocycles. The van der Waals surface area contributed by atoms with Gasteiger partial charge in [0.1, 0.15) is 23.6 Å². The molecule has 2 nitrogen and oxygen atoms in total. The topological polar surface area (TPSA) is 8.81 Å². The lowest BCUT2D eigenvalue weighted by Gasteiger charge is -2.47. The lowest BCUT2D eigenvalue weighted by Crippen LogP contribution is -2.67. The summed E-state index contributed by atoms with van der Waals surface area (Å²) in [6, 6.07) is 21.0. The van der Waals surface area contributed by atoms with Gasteiger partial charge in [-0.25, -0.2) is 4.57 Å². The molecule has 0 fully saturated rings. The van der Waals surface area contributed by atoms with E-state index in [0.717, 1.165) is 12.8 Å². The summed E-state index contributed by atoms with van der Waals surface area (Å²) in [7, 11) is 0. The van der Waals surface area contributed by atoms with E-state index in [4.69, 9.17) is 0 Å². The summed E-state index contributed by atoms with van der Waals surface area (Å²) in [5.74, 6) is 2.09. The van der Waals surface area contributed by atoms with E-state index in [-0.39, 0.29) is 11.0 Å². The predicted molar refractivity (Wildman–Crippen MR) is 166 cm³/mol. The molecule has 0 saturated heterocycles. The first-order chi connectivity index (χ1) is 18.5.